The van der Waals surface area contributed by atoms with Crippen LogP contribution < -0.4 is 4.74 Å². The summed E-state index contributed by atoms with van der Waals surface area (Å²) in [6, 6.07) is 9.43. The van der Waals surface area contributed by atoms with Crippen LogP contribution in [0.1, 0.15) is 70.3 Å². The third-order valence-corrected chi connectivity index (χ3v) is 7.41. The molecule has 2 saturated carbocycles. The van der Waals surface area contributed by atoms with E-state index in [0.29, 0.717) is 0 Å². The summed E-state index contributed by atoms with van der Waals surface area (Å²) in [7, 11) is 2.37. The highest BCUT2D eigenvalue weighted by Gasteiger charge is 2.41. The molecule has 0 saturated heterocycles. The van der Waals surface area contributed by atoms with E-state index in [1.807, 2.05) is 0 Å². The lowest BCUT2D eigenvalue weighted by Crippen LogP contribution is -2.51. The van der Waals surface area contributed by atoms with Crippen molar-refractivity contribution in [2.45, 2.75) is 82.9 Å². The molecule has 1 aromatic carbocycles. The van der Waals surface area contributed by atoms with Crippen molar-refractivity contribution in [3.63, 3.8) is 0 Å². The molecule has 2 aliphatic carbocycles. The fourth-order valence-electron chi connectivity index (χ4n) is 5.68. The van der Waals surface area contributed by atoms with Crippen LogP contribution in [-0.2, 0) is 6.54 Å². The molecule has 1 aliphatic heterocycles. The molecule has 2 fully saturated rings. The van der Waals surface area contributed by atoms with Gasteiger partial charge < -0.3 is 9.64 Å². The number of rotatable bonds is 4. The molecule has 150 valence electrons. The summed E-state index contributed by atoms with van der Waals surface area (Å²) in [5.41, 5.74) is 1.37. The van der Waals surface area contributed by atoms with Gasteiger partial charge in [-0.1, -0.05) is 44.4 Å². The minimum absolute atomic E-state index is 0.0186. The molecule has 0 radical (unpaired) electrons. The van der Waals surface area contributed by atoms with Crippen molar-refractivity contribution in [1.29, 1.82) is 0 Å². The fraction of sp³-hybridized carbons (Fsp3) is 0.750. The Balaban J connectivity index is 1.39. The van der Waals surface area contributed by atoms with E-state index < -0.39 is 0 Å². The Kier molecular flexibility index (Phi) is 6.08. The molecule has 1 aromatic rings. The Hall–Kier alpha value is -1.06. The van der Waals surface area contributed by atoms with Gasteiger partial charge in [0.15, 0.2) is 0 Å². The van der Waals surface area contributed by atoms with Crippen LogP contribution in [0.5, 0.6) is 5.75 Å². The van der Waals surface area contributed by atoms with Crippen LogP contribution in [0.2, 0.25) is 0 Å². The lowest BCUT2D eigenvalue weighted by atomic mass is 9.80. The molecule has 0 bridgehead atoms. The SMILES string of the molecule is CCN1Cc2ccccc2OC2(CCC(N(C)CC3CCCCC3)CC2)C1. The first-order valence-corrected chi connectivity index (χ1v) is 11.4. The Morgan fingerprint density at radius 1 is 1.07 bits per heavy atom. The van der Waals surface area contributed by atoms with Gasteiger partial charge in [-0.05, 0) is 64.1 Å². The Morgan fingerprint density at radius 3 is 2.56 bits per heavy atom. The topological polar surface area (TPSA) is 15.7 Å². The van der Waals surface area contributed by atoms with Gasteiger partial charge in [0.1, 0.15) is 11.4 Å². The molecule has 1 spiro atoms. The highest BCUT2D eigenvalue weighted by molar-refractivity contribution is 5.35. The third kappa shape index (κ3) is 4.51. The normalized spacial score (nSPS) is 30.1. The van der Waals surface area contributed by atoms with Crippen LogP contribution in [0, 0.1) is 5.92 Å². The smallest absolute Gasteiger partial charge is 0.124 e. The zero-order valence-electron chi connectivity index (χ0n) is 17.5. The van der Waals surface area contributed by atoms with Crippen LogP contribution in [0.15, 0.2) is 24.3 Å². The lowest BCUT2D eigenvalue weighted by Gasteiger charge is -2.44. The molecule has 1 heterocycles. The molecular weight excluding hydrogens is 332 g/mol. The molecule has 0 atom stereocenters. The van der Waals surface area contributed by atoms with Gasteiger partial charge in [-0.3, -0.25) is 4.90 Å². The molecular formula is C24H38N2O. The van der Waals surface area contributed by atoms with E-state index in [4.69, 9.17) is 4.74 Å². The summed E-state index contributed by atoms with van der Waals surface area (Å²) in [6.45, 7) is 6.80. The molecule has 27 heavy (non-hydrogen) atoms. The zero-order chi connectivity index (χ0) is 18.7. The summed E-state index contributed by atoms with van der Waals surface area (Å²) >= 11 is 0. The number of likely N-dealkylation sites (N-methyl/N-ethyl adjacent to an activating group) is 1. The van der Waals surface area contributed by atoms with E-state index in [0.717, 1.165) is 37.3 Å². The van der Waals surface area contributed by atoms with Crippen molar-refractivity contribution in [1.82, 2.24) is 9.80 Å². The largest absolute Gasteiger partial charge is 0.486 e. The number of nitrogens with zero attached hydrogens (tertiary/aromatic N) is 2. The Bertz CT molecular complexity index is 602. The van der Waals surface area contributed by atoms with Crippen molar-refractivity contribution in [3.05, 3.63) is 29.8 Å². The second-order valence-corrected chi connectivity index (χ2v) is 9.37. The van der Waals surface area contributed by atoms with E-state index in [1.165, 1.54) is 69.9 Å². The maximum Gasteiger partial charge on any atom is 0.124 e. The maximum absolute atomic E-state index is 6.74. The van der Waals surface area contributed by atoms with Gasteiger partial charge in [0.25, 0.3) is 0 Å². The summed E-state index contributed by atoms with van der Waals surface area (Å²) in [6.07, 6.45) is 12.2. The number of para-hydroxylation sites is 1. The molecule has 3 aliphatic rings. The van der Waals surface area contributed by atoms with Gasteiger partial charge in [-0.2, -0.15) is 0 Å². The first-order chi connectivity index (χ1) is 13.2. The first-order valence-electron chi connectivity index (χ1n) is 11.4. The van der Waals surface area contributed by atoms with Gasteiger partial charge in [0, 0.05) is 31.2 Å². The molecule has 3 heteroatoms. The molecule has 3 nitrogen and oxygen atoms in total. The van der Waals surface area contributed by atoms with Gasteiger partial charge in [-0.15, -0.1) is 0 Å². The summed E-state index contributed by atoms with van der Waals surface area (Å²) in [5.74, 6) is 2.07. The van der Waals surface area contributed by atoms with Crippen molar-refractivity contribution >= 4 is 0 Å². The zero-order valence-corrected chi connectivity index (χ0v) is 17.5. The first kappa shape index (κ1) is 19.3. The Labute approximate surface area is 166 Å². The van der Waals surface area contributed by atoms with E-state index in [-0.39, 0.29) is 5.60 Å². The average Bonchev–Trinajstić information content (AvgIpc) is 2.85. The van der Waals surface area contributed by atoms with Gasteiger partial charge in [-0.25, -0.2) is 0 Å². The van der Waals surface area contributed by atoms with E-state index in [2.05, 4.69) is 48.0 Å². The highest BCUT2D eigenvalue weighted by Crippen LogP contribution is 2.39. The minimum Gasteiger partial charge on any atom is -0.486 e. The summed E-state index contributed by atoms with van der Waals surface area (Å²) in [4.78, 5) is 5.27. The predicted molar refractivity (Wildman–Crippen MR) is 112 cm³/mol. The standard InChI is InChI=1S/C24H38N2O/c1-3-26-18-21-11-7-8-12-23(21)27-24(19-26)15-13-22(14-16-24)25(2)17-20-9-5-4-6-10-20/h7-8,11-12,20,22H,3-6,9-10,13-19H2,1-2H3. The summed E-state index contributed by atoms with van der Waals surface area (Å²) < 4.78 is 6.74. The van der Waals surface area contributed by atoms with Crippen molar-refractivity contribution in [2.24, 2.45) is 5.92 Å². The molecule has 0 N–H and O–H groups in total. The number of ether oxygens (including phenoxy) is 1. The molecule has 0 amide bonds. The van der Waals surface area contributed by atoms with Gasteiger partial charge in [0.05, 0.1) is 0 Å². The second-order valence-electron chi connectivity index (χ2n) is 9.37. The number of hydrogen-bond donors (Lipinski definition) is 0. The average molecular weight is 371 g/mol. The van der Waals surface area contributed by atoms with Crippen molar-refractivity contribution in [3.8, 4) is 5.75 Å². The van der Waals surface area contributed by atoms with Crippen LogP contribution >= 0.6 is 0 Å². The third-order valence-electron chi connectivity index (χ3n) is 7.41. The molecule has 0 aromatic heterocycles. The summed E-state index contributed by atoms with van der Waals surface area (Å²) in [5, 5.41) is 0. The van der Waals surface area contributed by atoms with Crippen LogP contribution in [0.25, 0.3) is 0 Å². The molecule has 4 rings (SSSR count). The van der Waals surface area contributed by atoms with Gasteiger partial charge >= 0.3 is 0 Å². The predicted octanol–water partition coefficient (Wildman–Crippen LogP) is 5.09. The van der Waals surface area contributed by atoms with Crippen LogP contribution in [0.3, 0.4) is 0 Å². The van der Waals surface area contributed by atoms with E-state index in [9.17, 15) is 0 Å². The molecule has 0 unspecified atom stereocenters. The fourth-order valence-corrected chi connectivity index (χ4v) is 5.68. The number of benzene rings is 1. The van der Waals surface area contributed by atoms with Crippen LogP contribution in [0.4, 0.5) is 0 Å². The van der Waals surface area contributed by atoms with Gasteiger partial charge in [0.2, 0.25) is 0 Å². The quantitative estimate of drug-likeness (QED) is 0.734. The lowest BCUT2D eigenvalue weighted by molar-refractivity contribution is -0.0156. The van der Waals surface area contributed by atoms with Crippen LogP contribution in [-0.4, -0.2) is 48.1 Å². The number of hydrogen-bond acceptors (Lipinski definition) is 3. The highest BCUT2D eigenvalue weighted by atomic mass is 16.5. The number of fused-ring (bicyclic) bond motifs is 1. The van der Waals surface area contributed by atoms with E-state index >= 15 is 0 Å². The monoisotopic (exact) mass is 370 g/mol. The Morgan fingerprint density at radius 2 is 1.81 bits per heavy atom. The van der Waals surface area contributed by atoms with Crippen molar-refractivity contribution < 1.29 is 4.74 Å². The van der Waals surface area contributed by atoms with Crippen molar-refractivity contribution in [2.75, 3.05) is 26.7 Å². The van der Waals surface area contributed by atoms with E-state index in [1.54, 1.807) is 0 Å². The second kappa shape index (κ2) is 8.53. The maximum atomic E-state index is 6.74. The minimum atomic E-state index is 0.0186.